The summed E-state index contributed by atoms with van der Waals surface area (Å²) >= 11 is 0. The molecule has 2 rings (SSSR count). The first kappa shape index (κ1) is 11.9. The number of nitrogen functional groups attached to an aromatic ring is 1. The van der Waals surface area contributed by atoms with E-state index in [1.807, 2.05) is 12.1 Å². The van der Waals surface area contributed by atoms with Crippen LogP contribution in [-0.2, 0) is 6.54 Å². The summed E-state index contributed by atoms with van der Waals surface area (Å²) in [4.78, 5) is 14.9. The zero-order valence-corrected chi connectivity index (χ0v) is 9.76. The topological polar surface area (TPSA) is 94.0 Å². The molecule has 1 heterocycles. The molecule has 5 heteroatoms. The van der Waals surface area contributed by atoms with Gasteiger partial charge in [-0.25, -0.2) is 0 Å². The average Bonchev–Trinajstić information content (AvgIpc) is 2.38. The Kier molecular flexibility index (Phi) is 3.43. The molecular formula is C13H14N4O. The summed E-state index contributed by atoms with van der Waals surface area (Å²) in [7, 11) is 0. The van der Waals surface area contributed by atoms with Crippen LogP contribution in [0.4, 0.5) is 11.4 Å². The minimum absolute atomic E-state index is 0.405. The maximum absolute atomic E-state index is 11.0. The lowest BCUT2D eigenvalue weighted by molar-refractivity contribution is 0.100. The molecule has 18 heavy (non-hydrogen) atoms. The second-order valence-electron chi connectivity index (χ2n) is 3.88. The molecule has 1 amide bonds. The van der Waals surface area contributed by atoms with E-state index in [1.165, 1.54) is 0 Å². The highest BCUT2D eigenvalue weighted by atomic mass is 16.1. The van der Waals surface area contributed by atoms with E-state index < -0.39 is 5.91 Å². The number of nitrogens with zero attached hydrogens (tertiary/aromatic N) is 1. The van der Waals surface area contributed by atoms with Crippen LogP contribution in [0, 0.1) is 0 Å². The summed E-state index contributed by atoms with van der Waals surface area (Å²) in [5.41, 5.74) is 13.8. The Morgan fingerprint density at radius 1 is 1.22 bits per heavy atom. The van der Waals surface area contributed by atoms with Gasteiger partial charge in [0.05, 0.1) is 11.4 Å². The van der Waals surface area contributed by atoms with Crippen LogP contribution in [0.25, 0.3) is 0 Å². The number of nitrogens with two attached hydrogens (primary N) is 2. The Morgan fingerprint density at radius 3 is 2.56 bits per heavy atom. The van der Waals surface area contributed by atoms with Crippen LogP contribution >= 0.6 is 0 Å². The predicted molar refractivity (Wildman–Crippen MR) is 70.9 cm³/mol. The molecule has 0 aliphatic heterocycles. The van der Waals surface area contributed by atoms with Gasteiger partial charge in [0, 0.05) is 24.5 Å². The molecule has 0 radical (unpaired) electrons. The molecule has 5 N–H and O–H groups in total. The van der Waals surface area contributed by atoms with Crippen LogP contribution < -0.4 is 16.8 Å². The van der Waals surface area contributed by atoms with Crippen molar-refractivity contribution in [3.63, 3.8) is 0 Å². The fourth-order valence-corrected chi connectivity index (χ4v) is 1.57. The number of benzene rings is 1. The molecule has 0 fully saturated rings. The maximum Gasteiger partial charge on any atom is 0.248 e. The highest BCUT2D eigenvalue weighted by molar-refractivity contribution is 5.94. The lowest BCUT2D eigenvalue weighted by atomic mass is 10.1. The van der Waals surface area contributed by atoms with Gasteiger partial charge < -0.3 is 16.8 Å². The molecule has 0 spiro atoms. The first-order valence-corrected chi connectivity index (χ1v) is 5.49. The van der Waals surface area contributed by atoms with Crippen LogP contribution in [0.5, 0.6) is 0 Å². The van der Waals surface area contributed by atoms with Crippen LogP contribution in [-0.4, -0.2) is 10.9 Å². The number of primary amides is 1. The van der Waals surface area contributed by atoms with E-state index in [-0.39, 0.29) is 0 Å². The van der Waals surface area contributed by atoms with Gasteiger partial charge in [-0.15, -0.1) is 0 Å². The zero-order valence-electron chi connectivity index (χ0n) is 9.76. The van der Waals surface area contributed by atoms with Crippen molar-refractivity contribution in [3.05, 3.63) is 53.9 Å². The molecule has 0 bridgehead atoms. The van der Waals surface area contributed by atoms with Crippen molar-refractivity contribution in [1.82, 2.24) is 4.98 Å². The largest absolute Gasteiger partial charge is 0.397 e. The average molecular weight is 242 g/mol. The number of rotatable bonds is 4. The Morgan fingerprint density at radius 2 is 1.94 bits per heavy atom. The number of amides is 1. The van der Waals surface area contributed by atoms with Gasteiger partial charge in [-0.05, 0) is 35.9 Å². The fraction of sp³-hybridized carbons (Fsp3) is 0.0769. The Bertz CT molecular complexity index is 554. The molecule has 0 saturated carbocycles. The number of anilines is 2. The Labute approximate surface area is 105 Å². The van der Waals surface area contributed by atoms with Gasteiger partial charge >= 0.3 is 0 Å². The number of pyridine rings is 1. The Balaban J connectivity index is 2.08. The van der Waals surface area contributed by atoms with Gasteiger partial charge in [0.25, 0.3) is 0 Å². The van der Waals surface area contributed by atoms with E-state index in [0.717, 1.165) is 11.3 Å². The first-order chi connectivity index (χ1) is 8.66. The third-order valence-corrected chi connectivity index (χ3v) is 2.57. The number of carbonyl (C=O) groups excluding carboxylic acids is 1. The summed E-state index contributed by atoms with van der Waals surface area (Å²) in [5, 5.41) is 3.19. The molecule has 0 aliphatic carbocycles. The molecule has 2 aromatic rings. The zero-order chi connectivity index (χ0) is 13.0. The number of carbonyl (C=O) groups is 1. The third kappa shape index (κ3) is 2.76. The molecule has 1 aromatic heterocycles. The standard InChI is InChI=1S/C13H14N4O/c14-11-7-10(13(15)18)1-2-12(11)17-8-9-3-5-16-6-4-9/h1-7,17H,8,14H2,(H2,15,18). The minimum atomic E-state index is -0.484. The predicted octanol–water partition coefficient (Wildman–Crippen LogP) is 1.37. The molecule has 0 aliphatic rings. The van der Waals surface area contributed by atoms with Crippen molar-refractivity contribution in [2.45, 2.75) is 6.54 Å². The highest BCUT2D eigenvalue weighted by Crippen LogP contribution is 2.20. The van der Waals surface area contributed by atoms with E-state index in [1.54, 1.807) is 30.6 Å². The van der Waals surface area contributed by atoms with Gasteiger partial charge in [0.15, 0.2) is 0 Å². The maximum atomic E-state index is 11.0. The number of hydrogen-bond donors (Lipinski definition) is 3. The second kappa shape index (κ2) is 5.18. The van der Waals surface area contributed by atoms with Crippen molar-refractivity contribution in [1.29, 1.82) is 0 Å². The van der Waals surface area contributed by atoms with Crippen LogP contribution in [0.3, 0.4) is 0 Å². The smallest absolute Gasteiger partial charge is 0.248 e. The van der Waals surface area contributed by atoms with Crippen molar-refractivity contribution in [2.75, 3.05) is 11.1 Å². The van der Waals surface area contributed by atoms with Crippen molar-refractivity contribution in [3.8, 4) is 0 Å². The van der Waals surface area contributed by atoms with Crippen LogP contribution in [0.15, 0.2) is 42.7 Å². The molecule has 0 saturated heterocycles. The Hall–Kier alpha value is -2.56. The molecule has 92 valence electrons. The van der Waals surface area contributed by atoms with E-state index in [2.05, 4.69) is 10.3 Å². The number of hydrogen-bond acceptors (Lipinski definition) is 4. The van der Waals surface area contributed by atoms with Crippen LogP contribution in [0.1, 0.15) is 15.9 Å². The molecule has 0 atom stereocenters. The number of nitrogens with one attached hydrogen (secondary N) is 1. The SMILES string of the molecule is NC(=O)c1ccc(NCc2ccncc2)c(N)c1. The molecule has 0 unspecified atom stereocenters. The minimum Gasteiger partial charge on any atom is -0.397 e. The fourth-order valence-electron chi connectivity index (χ4n) is 1.57. The summed E-state index contributed by atoms with van der Waals surface area (Å²) in [6.07, 6.45) is 3.47. The summed E-state index contributed by atoms with van der Waals surface area (Å²) in [6, 6.07) is 8.79. The van der Waals surface area contributed by atoms with Gasteiger partial charge in [0.1, 0.15) is 0 Å². The lowest BCUT2D eigenvalue weighted by Crippen LogP contribution is -2.12. The summed E-state index contributed by atoms with van der Waals surface area (Å²) in [6.45, 7) is 0.642. The molecule has 5 nitrogen and oxygen atoms in total. The van der Waals surface area contributed by atoms with E-state index in [0.29, 0.717) is 17.8 Å². The van der Waals surface area contributed by atoms with Gasteiger partial charge in [-0.2, -0.15) is 0 Å². The normalized spacial score (nSPS) is 10.0. The van der Waals surface area contributed by atoms with Gasteiger partial charge in [0.2, 0.25) is 5.91 Å². The third-order valence-electron chi connectivity index (χ3n) is 2.57. The molecular weight excluding hydrogens is 228 g/mol. The summed E-state index contributed by atoms with van der Waals surface area (Å²) < 4.78 is 0. The number of aromatic nitrogens is 1. The van der Waals surface area contributed by atoms with E-state index in [9.17, 15) is 4.79 Å². The van der Waals surface area contributed by atoms with Crippen molar-refractivity contribution in [2.24, 2.45) is 5.73 Å². The van der Waals surface area contributed by atoms with Gasteiger partial charge in [-0.3, -0.25) is 9.78 Å². The van der Waals surface area contributed by atoms with Gasteiger partial charge in [-0.1, -0.05) is 0 Å². The van der Waals surface area contributed by atoms with E-state index >= 15 is 0 Å². The monoisotopic (exact) mass is 242 g/mol. The van der Waals surface area contributed by atoms with Crippen molar-refractivity contribution >= 4 is 17.3 Å². The lowest BCUT2D eigenvalue weighted by Gasteiger charge is -2.10. The summed E-state index contributed by atoms with van der Waals surface area (Å²) in [5.74, 6) is -0.484. The van der Waals surface area contributed by atoms with Crippen LogP contribution in [0.2, 0.25) is 0 Å². The molecule has 1 aromatic carbocycles. The second-order valence-corrected chi connectivity index (χ2v) is 3.88. The van der Waals surface area contributed by atoms with Crippen molar-refractivity contribution < 1.29 is 4.79 Å². The quantitative estimate of drug-likeness (QED) is 0.706. The van der Waals surface area contributed by atoms with E-state index in [4.69, 9.17) is 11.5 Å². The first-order valence-electron chi connectivity index (χ1n) is 5.49. The highest BCUT2D eigenvalue weighted by Gasteiger charge is 2.04.